The molecule has 0 saturated carbocycles. The highest BCUT2D eigenvalue weighted by Crippen LogP contribution is 2.01. The summed E-state index contributed by atoms with van der Waals surface area (Å²) >= 11 is 0. The van der Waals surface area contributed by atoms with Crippen LogP contribution in [0.3, 0.4) is 0 Å². The van der Waals surface area contributed by atoms with Gasteiger partial charge in [0.1, 0.15) is 0 Å². The van der Waals surface area contributed by atoms with Gasteiger partial charge in [-0.05, 0) is 13.8 Å². The van der Waals surface area contributed by atoms with E-state index in [2.05, 4.69) is 24.1 Å². The first-order chi connectivity index (χ1) is 4.30. The quantitative estimate of drug-likeness (QED) is 0.565. The molecule has 0 bridgehead atoms. The van der Waals surface area contributed by atoms with Gasteiger partial charge in [0.25, 0.3) is 0 Å². The van der Waals surface area contributed by atoms with Crippen LogP contribution in [0.5, 0.6) is 0 Å². The Kier molecular flexibility index (Phi) is 1.78. The maximum Gasteiger partial charge on any atom is 0.0275 e. The normalized spacial score (nSPS) is 16.6. The molecule has 0 aromatic rings. The minimum atomic E-state index is 0.555. The molecule has 50 valence electrons. The van der Waals surface area contributed by atoms with Crippen molar-refractivity contribution in [3.63, 3.8) is 0 Å². The van der Waals surface area contributed by atoms with Crippen LogP contribution in [-0.4, -0.2) is 10.9 Å². The van der Waals surface area contributed by atoms with E-state index in [1.54, 1.807) is 0 Å². The van der Waals surface area contributed by atoms with Crippen LogP contribution in [0.1, 0.15) is 13.8 Å². The van der Waals surface area contributed by atoms with E-state index >= 15 is 0 Å². The Hall–Kier alpha value is -0.920. The average molecular weight is 124 g/mol. The second-order valence-corrected chi connectivity index (χ2v) is 2.34. The zero-order chi connectivity index (χ0) is 6.69. The van der Waals surface area contributed by atoms with Gasteiger partial charge in [0, 0.05) is 30.8 Å². The second kappa shape index (κ2) is 2.58. The lowest BCUT2D eigenvalue weighted by atomic mass is 10.3. The molecule has 0 radical (unpaired) electrons. The summed E-state index contributed by atoms with van der Waals surface area (Å²) in [6.45, 7) is 4.31. The minimum absolute atomic E-state index is 0.555. The largest absolute Gasteiger partial charge is 0.365 e. The monoisotopic (exact) mass is 124 g/mol. The fourth-order valence-corrected chi connectivity index (χ4v) is 0.708. The van der Waals surface area contributed by atoms with Gasteiger partial charge in [-0.2, -0.15) is 0 Å². The van der Waals surface area contributed by atoms with E-state index in [4.69, 9.17) is 0 Å². The molecule has 9 heavy (non-hydrogen) atoms. The molecule has 1 rings (SSSR count). The van der Waals surface area contributed by atoms with Crippen molar-refractivity contribution in [3.05, 3.63) is 24.8 Å². The minimum Gasteiger partial charge on any atom is -0.365 e. The second-order valence-electron chi connectivity index (χ2n) is 2.34. The van der Waals surface area contributed by atoms with Gasteiger partial charge in [-0.15, -0.1) is 0 Å². The zero-order valence-electron chi connectivity index (χ0n) is 5.83. The predicted molar refractivity (Wildman–Crippen MR) is 38.4 cm³/mol. The lowest BCUT2D eigenvalue weighted by Crippen LogP contribution is -2.22. The van der Waals surface area contributed by atoms with Crippen molar-refractivity contribution in [1.29, 1.82) is 0 Å². The number of nitrogens with zero attached hydrogens (tertiary/aromatic N) is 1. The summed E-state index contributed by atoms with van der Waals surface area (Å²) in [5.41, 5.74) is 0. The van der Waals surface area contributed by atoms with Crippen LogP contribution in [0.25, 0.3) is 0 Å². The predicted octanol–water partition coefficient (Wildman–Crippen LogP) is 1.24. The van der Waals surface area contributed by atoms with Crippen LogP contribution in [-0.2, 0) is 0 Å². The van der Waals surface area contributed by atoms with Crippen molar-refractivity contribution in [2.45, 2.75) is 19.9 Å². The molecule has 2 heteroatoms. The molecule has 0 aliphatic carbocycles. The topological polar surface area (TPSA) is 15.3 Å². The Labute approximate surface area is 55.9 Å². The zero-order valence-corrected chi connectivity index (χ0v) is 5.83. The van der Waals surface area contributed by atoms with Gasteiger partial charge >= 0.3 is 0 Å². The molecule has 1 aliphatic rings. The van der Waals surface area contributed by atoms with Crippen molar-refractivity contribution in [2.24, 2.45) is 0 Å². The first kappa shape index (κ1) is 6.20. The van der Waals surface area contributed by atoms with Crippen LogP contribution >= 0.6 is 0 Å². The van der Waals surface area contributed by atoms with E-state index in [0.717, 1.165) is 0 Å². The van der Waals surface area contributed by atoms with Crippen molar-refractivity contribution in [3.8, 4) is 0 Å². The summed E-state index contributed by atoms with van der Waals surface area (Å²) < 4.78 is 0. The summed E-state index contributed by atoms with van der Waals surface area (Å²) in [6, 6.07) is 0.555. The first-order valence-electron chi connectivity index (χ1n) is 3.17. The summed E-state index contributed by atoms with van der Waals surface area (Å²) in [5, 5.41) is 2.97. The Morgan fingerprint density at radius 2 is 1.78 bits per heavy atom. The lowest BCUT2D eigenvalue weighted by Gasteiger charge is -2.21. The highest BCUT2D eigenvalue weighted by molar-refractivity contribution is 4.99. The molecule has 0 atom stereocenters. The molecule has 0 unspecified atom stereocenters. The maximum atomic E-state index is 2.97. The third-order valence-electron chi connectivity index (χ3n) is 1.28. The molecule has 2 nitrogen and oxygen atoms in total. The van der Waals surface area contributed by atoms with Gasteiger partial charge in [0.05, 0.1) is 0 Å². The Balaban J connectivity index is 2.49. The number of hydrogen-bond donors (Lipinski definition) is 1. The van der Waals surface area contributed by atoms with Gasteiger partial charge in [0.15, 0.2) is 0 Å². The Morgan fingerprint density at radius 3 is 2.11 bits per heavy atom. The molecule has 0 aromatic heterocycles. The molecule has 1 heterocycles. The summed E-state index contributed by atoms with van der Waals surface area (Å²) in [6.07, 6.45) is 7.87. The van der Waals surface area contributed by atoms with Crippen molar-refractivity contribution in [1.82, 2.24) is 10.2 Å². The molecule has 0 fully saturated rings. The molecular weight excluding hydrogens is 112 g/mol. The fourth-order valence-electron chi connectivity index (χ4n) is 0.708. The maximum absolute atomic E-state index is 2.97. The summed E-state index contributed by atoms with van der Waals surface area (Å²) in [7, 11) is 0. The van der Waals surface area contributed by atoms with E-state index in [-0.39, 0.29) is 0 Å². The SMILES string of the molecule is CC(C)N1C=CNC=C1. The Morgan fingerprint density at radius 1 is 1.22 bits per heavy atom. The van der Waals surface area contributed by atoms with E-state index in [0.29, 0.717) is 6.04 Å². The van der Waals surface area contributed by atoms with Gasteiger partial charge in [0.2, 0.25) is 0 Å². The van der Waals surface area contributed by atoms with E-state index in [9.17, 15) is 0 Å². The molecule has 0 amide bonds. The van der Waals surface area contributed by atoms with E-state index in [1.165, 1.54) is 0 Å². The lowest BCUT2D eigenvalue weighted by molar-refractivity contribution is 0.408. The third-order valence-corrected chi connectivity index (χ3v) is 1.28. The highest BCUT2D eigenvalue weighted by atomic mass is 15.1. The van der Waals surface area contributed by atoms with Crippen molar-refractivity contribution < 1.29 is 0 Å². The number of hydrogen-bond acceptors (Lipinski definition) is 2. The molecule has 0 aromatic carbocycles. The van der Waals surface area contributed by atoms with Crippen LogP contribution in [0.4, 0.5) is 0 Å². The summed E-state index contributed by atoms with van der Waals surface area (Å²) in [4.78, 5) is 2.14. The Bertz CT molecular complexity index is 124. The van der Waals surface area contributed by atoms with Crippen LogP contribution in [0, 0.1) is 0 Å². The van der Waals surface area contributed by atoms with Crippen LogP contribution in [0.15, 0.2) is 24.8 Å². The number of nitrogens with one attached hydrogen (secondary N) is 1. The van der Waals surface area contributed by atoms with Crippen LogP contribution < -0.4 is 5.32 Å². The molecule has 1 N–H and O–H groups in total. The smallest absolute Gasteiger partial charge is 0.0275 e. The molecule has 1 aliphatic heterocycles. The molecular formula is C7H12N2. The van der Waals surface area contributed by atoms with E-state index in [1.807, 2.05) is 24.8 Å². The van der Waals surface area contributed by atoms with Gasteiger partial charge in [-0.1, -0.05) is 0 Å². The number of rotatable bonds is 1. The van der Waals surface area contributed by atoms with Gasteiger partial charge < -0.3 is 10.2 Å². The van der Waals surface area contributed by atoms with Crippen molar-refractivity contribution in [2.75, 3.05) is 0 Å². The summed E-state index contributed by atoms with van der Waals surface area (Å²) in [5.74, 6) is 0. The molecule has 0 saturated heterocycles. The van der Waals surface area contributed by atoms with Gasteiger partial charge in [-0.25, -0.2) is 0 Å². The van der Waals surface area contributed by atoms with Crippen molar-refractivity contribution >= 4 is 0 Å². The highest BCUT2D eigenvalue weighted by Gasteiger charge is 1.99. The van der Waals surface area contributed by atoms with E-state index < -0.39 is 0 Å². The average Bonchev–Trinajstić information content (AvgIpc) is 1.90. The van der Waals surface area contributed by atoms with Gasteiger partial charge in [-0.3, -0.25) is 0 Å². The standard InChI is InChI=1S/C7H12N2/c1-7(2)9-5-3-8-4-6-9/h3-8H,1-2H3. The third kappa shape index (κ3) is 1.49. The fraction of sp³-hybridized carbons (Fsp3) is 0.429. The first-order valence-corrected chi connectivity index (χ1v) is 3.17. The molecule has 0 spiro atoms. The van der Waals surface area contributed by atoms with Crippen LogP contribution in [0.2, 0.25) is 0 Å².